The lowest BCUT2D eigenvalue weighted by molar-refractivity contribution is -0.141. The van der Waals surface area contributed by atoms with Crippen molar-refractivity contribution in [1.29, 1.82) is 0 Å². The fourth-order valence-electron chi connectivity index (χ4n) is 2.03. The summed E-state index contributed by atoms with van der Waals surface area (Å²) < 4.78 is 10.6. The van der Waals surface area contributed by atoms with Crippen LogP contribution in [-0.4, -0.2) is 12.6 Å². The number of unbranched alkanes of at least 4 members (excludes halogenated alkanes) is 5. The van der Waals surface area contributed by atoms with Crippen molar-refractivity contribution in [3.63, 3.8) is 0 Å². The molecule has 0 spiro atoms. The van der Waals surface area contributed by atoms with Crippen LogP contribution in [0, 0.1) is 6.92 Å². The topological polar surface area (TPSA) is 35.5 Å². The van der Waals surface area contributed by atoms with Crippen molar-refractivity contribution in [1.82, 2.24) is 0 Å². The first-order valence-corrected chi connectivity index (χ1v) is 8.22. The average Bonchev–Trinajstić information content (AvgIpc) is 2.48. The lowest BCUT2D eigenvalue weighted by Crippen LogP contribution is -2.13. The smallest absolute Gasteiger partial charge is 0.373 e. The first-order chi connectivity index (χ1) is 10.5. The summed E-state index contributed by atoms with van der Waals surface area (Å²) in [6.45, 7) is 8.08. The highest BCUT2D eigenvalue weighted by molar-refractivity contribution is 6.30. The van der Waals surface area contributed by atoms with Crippen LogP contribution in [0.3, 0.4) is 0 Å². The van der Waals surface area contributed by atoms with E-state index in [0.717, 1.165) is 18.4 Å². The Morgan fingerprint density at radius 2 is 1.86 bits per heavy atom. The van der Waals surface area contributed by atoms with Gasteiger partial charge in [0.2, 0.25) is 5.76 Å². The molecule has 0 aliphatic heterocycles. The maximum atomic E-state index is 11.8. The van der Waals surface area contributed by atoms with E-state index >= 15 is 0 Å². The van der Waals surface area contributed by atoms with E-state index in [4.69, 9.17) is 21.1 Å². The second-order valence-electron chi connectivity index (χ2n) is 5.34. The standard InChI is InChI=1S/C18H25ClO3/c1-4-5-6-7-8-9-12-21-18(20)15(3)22-17-11-10-16(19)13-14(17)2/h10-11,13H,3-9,12H2,1-2H3. The zero-order valence-corrected chi connectivity index (χ0v) is 14.2. The molecule has 4 heteroatoms. The van der Waals surface area contributed by atoms with Gasteiger partial charge < -0.3 is 9.47 Å². The number of aryl methyl sites for hydroxylation is 1. The van der Waals surface area contributed by atoms with Gasteiger partial charge in [-0.1, -0.05) is 50.6 Å². The molecule has 0 aromatic heterocycles. The quantitative estimate of drug-likeness (QED) is 0.248. The molecule has 0 unspecified atom stereocenters. The summed E-state index contributed by atoms with van der Waals surface area (Å²) in [5.41, 5.74) is 0.845. The number of carbonyl (C=O) groups excluding carboxylic acids is 1. The number of halogens is 1. The van der Waals surface area contributed by atoms with Crippen molar-refractivity contribution in [2.75, 3.05) is 6.61 Å². The number of ether oxygens (including phenoxy) is 2. The molecular formula is C18H25ClO3. The van der Waals surface area contributed by atoms with E-state index in [0.29, 0.717) is 17.4 Å². The summed E-state index contributed by atoms with van der Waals surface area (Å²) in [5.74, 6) is 0.0465. The normalized spacial score (nSPS) is 10.3. The average molecular weight is 325 g/mol. The monoisotopic (exact) mass is 324 g/mol. The first-order valence-electron chi connectivity index (χ1n) is 7.84. The maximum absolute atomic E-state index is 11.8. The van der Waals surface area contributed by atoms with Crippen molar-refractivity contribution in [3.05, 3.63) is 41.1 Å². The Labute approximate surface area is 138 Å². The lowest BCUT2D eigenvalue weighted by atomic mass is 10.1. The van der Waals surface area contributed by atoms with Gasteiger partial charge in [0.15, 0.2) is 0 Å². The molecule has 0 saturated carbocycles. The molecule has 1 aromatic rings. The van der Waals surface area contributed by atoms with E-state index < -0.39 is 5.97 Å². The minimum Gasteiger partial charge on any atom is -0.460 e. The highest BCUT2D eigenvalue weighted by Gasteiger charge is 2.12. The summed E-state index contributed by atoms with van der Waals surface area (Å²) >= 11 is 5.88. The van der Waals surface area contributed by atoms with Gasteiger partial charge in [-0.3, -0.25) is 0 Å². The van der Waals surface area contributed by atoms with Gasteiger partial charge in [0.25, 0.3) is 0 Å². The van der Waals surface area contributed by atoms with Gasteiger partial charge in [0.05, 0.1) is 6.61 Å². The van der Waals surface area contributed by atoms with Crippen LogP contribution in [0.5, 0.6) is 5.75 Å². The molecule has 1 aromatic carbocycles. The van der Waals surface area contributed by atoms with Crippen LogP contribution in [0.15, 0.2) is 30.5 Å². The van der Waals surface area contributed by atoms with Crippen LogP contribution in [-0.2, 0) is 9.53 Å². The zero-order valence-electron chi connectivity index (χ0n) is 13.5. The van der Waals surface area contributed by atoms with Crippen molar-refractivity contribution in [2.24, 2.45) is 0 Å². The molecule has 0 bridgehead atoms. The van der Waals surface area contributed by atoms with Gasteiger partial charge in [0.1, 0.15) is 5.75 Å². The Kier molecular flexibility index (Phi) is 8.68. The molecule has 0 atom stereocenters. The van der Waals surface area contributed by atoms with Gasteiger partial charge in [-0.05, 0) is 43.7 Å². The Hall–Kier alpha value is -1.48. The van der Waals surface area contributed by atoms with Crippen molar-refractivity contribution >= 4 is 17.6 Å². The van der Waals surface area contributed by atoms with Gasteiger partial charge in [-0.25, -0.2) is 4.79 Å². The number of esters is 1. The van der Waals surface area contributed by atoms with E-state index in [1.807, 2.05) is 6.92 Å². The highest BCUT2D eigenvalue weighted by Crippen LogP contribution is 2.23. The summed E-state index contributed by atoms with van der Waals surface area (Å²) in [5, 5.41) is 0.626. The molecule has 122 valence electrons. The van der Waals surface area contributed by atoms with Gasteiger partial charge in [-0.2, -0.15) is 0 Å². The number of carbonyl (C=O) groups is 1. The summed E-state index contributed by atoms with van der Waals surface area (Å²) in [6.07, 6.45) is 6.89. The third-order valence-electron chi connectivity index (χ3n) is 3.33. The van der Waals surface area contributed by atoms with Crippen LogP contribution in [0.4, 0.5) is 0 Å². The van der Waals surface area contributed by atoms with E-state index in [1.54, 1.807) is 18.2 Å². The van der Waals surface area contributed by atoms with Crippen LogP contribution in [0.2, 0.25) is 5.02 Å². The second-order valence-corrected chi connectivity index (χ2v) is 5.78. The summed E-state index contributed by atoms with van der Waals surface area (Å²) in [7, 11) is 0. The Bertz CT molecular complexity index is 497. The molecule has 0 N–H and O–H groups in total. The number of hydrogen-bond acceptors (Lipinski definition) is 3. The van der Waals surface area contributed by atoms with E-state index in [-0.39, 0.29) is 5.76 Å². The minimum atomic E-state index is -0.511. The number of benzene rings is 1. The zero-order chi connectivity index (χ0) is 16.4. The molecule has 0 amide bonds. The van der Waals surface area contributed by atoms with Crippen molar-refractivity contribution in [3.8, 4) is 5.75 Å². The van der Waals surface area contributed by atoms with Gasteiger partial charge in [-0.15, -0.1) is 0 Å². The van der Waals surface area contributed by atoms with Crippen LogP contribution in [0.25, 0.3) is 0 Å². The molecule has 0 aliphatic rings. The Balaban J connectivity index is 2.26. The predicted molar refractivity (Wildman–Crippen MR) is 90.3 cm³/mol. The summed E-state index contributed by atoms with van der Waals surface area (Å²) in [4.78, 5) is 11.8. The van der Waals surface area contributed by atoms with Crippen molar-refractivity contribution in [2.45, 2.75) is 52.4 Å². The van der Waals surface area contributed by atoms with Gasteiger partial charge in [0, 0.05) is 5.02 Å². The third-order valence-corrected chi connectivity index (χ3v) is 3.56. The SMILES string of the molecule is C=C(Oc1ccc(Cl)cc1C)C(=O)OCCCCCCCC. The molecule has 3 nitrogen and oxygen atoms in total. The largest absolute Gasteiger partial charge is 0.460 e. The molecule has 0 saturated heterocycles. The predicted octanol–water partition coefficient (Wildman–Crippen LogP) is 5.44. The fourth-order valence-corrected chi connectivity index (χ4v) is 2.26. The van der Waals surface area contributed by atoms with E-state index in [9.17, 15) is 4.79 Å². The molecule has 0 heterocycles. The van der Waals surface area contributed by atoms with Crippen molar-refractivity contribution < 1.29 is 14.3 Å². The number of hydrogen-bond donors (Lipinski definition) is 0. The lowest BCUT2D eigenvalue weighted by Gasteiger charge is -2.11. The minimum absolute atomic E-state index is 0.00333. The Morgan fingerprint density at radius 3 is 2.55 bits per heavy atom. The van der Waals surface area contributed by atoms with Crippen LogP contribution in [0.1, 0.15) is 51.0 Å². The maximum Gasteiger partial charge on any atom is 0.373 e. The third kappa shape index (κ3) is 6.99. The van der Waals surface area contributed by atoms with Crippen LogP contribution < -0.4 is 4.74 Å². The fraction of sp³-hybridized carbons (Fsp3) is 0.500. The van der Waals surface area contributed by atoms with Gasteiger partial charge >= 0.3 is 5.97 Å². The summed E-state index contributed by atoms with van der Waals surface area (Å²) in [6, 6.07) is 5.19. The Morgan fingerprint density at radius 1 is 1.18 bits per heavy atom. The molecule has 0 aliphatic carbocycles. The molecule has 1 rings (SSSR count). The second kappa shape index (κ2) is 10.3. The van der Waals surface area contributed by atoms with E-state index in [2.05, 4.69) is 13.5 Å². The molecule has 22 heavy (non-hydrogen) atoms. The van der Waals surface area contributed by atoms with Crippen LogP contribution >= 0.6 is 11.6 Å². The molecule has 0 radical (unpaired) electrons. The molecule has 0 fully saturated rings. The highest BCUT2D eigenvalue weighted by atomic mass is 35.5. The van der Waals surface area contributed by atoms with E-state index in [1.165, 1.54) is 25.7 Å². The number of rotatable bonds is 10. The first kappa shape index (κ1) is 18.6. The molecular weight excluding hydrogens is 300 g/mol.